The molecule has 0 aromatic heterocycles. The van der Waals surface area contributed by atoms with Crippen LogP contribution in [-0.4, -0.2) is 24.4 Å². The second kappa shape index (κ2) is 6.43. The van der Waals surface area contributed by atoms with Crippen LogP contribution in [0.2, 0.25) is 0 Å². The van der Waals surface area contributed by atoms with E-state index in [1.165, 1.54) is 6.07 Å². The monoisotopic (exact) mass is 325 g/mol. The van der Waals surface area contributed by atoms with Crippen LogP contribution in [0.1, 0.15) is 19.4 Å². The predicted octanol–water partition coefficient (Wildman–Crippen LogP) is 4.19. The van der Waals surface area contributed by atoms with Gasteiger partial charge in [-0.05, 0) is 46.7 Å². The second-order valence-electron chi connectivity index (χ2n) is 3.77. The van der Waals surface area contributed by atoms with Crippen LogP contribution in [-0.2, 0) is 6.54 Å². The van der Waals surface area contributed by atoms with Crippen molar-refractivity contribution in [2.24, 2.45) is 0 Å². The Kier molecular flexibility index (Phi) is 5.47. The van der Waals surface area contributed by atoms with Gasteiger partial charge in [0.05, 0.1) is 4.47 Å². The zero-order chi connectivity index (χ0) is 13.8. The smallest absolute Gasteiger partial charge is 0.405 e. The molecule has 2 nitrogen and oxygen atoms in total. The maximum Gasteiger partial charge on any atom is 0.573 e. The molecule has 0 heterocycles. The Morgan fingerprint density at radius 3 is 2.28 bits per heavy atom. The fourth-order valence-corrected chi connectivity index (χ4v) is 2.06. The van der Waals surface area contributed by atoms with E-state index in [0.29, 0.717) is 11.0 Å². The minimum absolute atomic E-state index is 0.217. The molecule has 1 aromatic carbocycles. The van der Waals surface area contributed by atoms with Crippen LogP contribution >= 0.6 is 15.9 Å². The van der Waals surface area contributed by atoms with Crippen LogP contribution in [0.25, 0.3) is 0 Å². The number of nitrogens with zero attached hydrogens (tertiary/aromatic N) is 1. The third kappa shape index (κ3) is 4.86. The van der Waals surface area contributed by atoms with Crippen molar-refractivity contribution in [1.82, 2.24) is 4.90 Å². The summed E-state index contributed by atoms with van der Waals surface area (Å²) >= 11 is 3.09. The molecule has 0 fully saturated rings. The summed E-state index contributed by atoms with van der Waals surface area (Å²) in [6.07, 6.45) is -4.66. The molecular formula is C12H15BrF3NO. The van der Waals surface area contributed by atoms with Gasteiger partial charge in [0.25, 0.3) is 0 Å². The number of rotatable bonds is 5. The van der Waals surface area contributed by atoms with Crippen LogP contribution in [0.3, 0.4) is 0 Å². The van der Waals surface area contributed by atoms with Crippen molar-refractivity contribution >= 4 is 15.9 Å². The number of alkyl halides is 3. The third-order valence-corrected chi connectivity index (χ3v) is 3.14. The van der Waals surface area contributed by atoms with Gasteiger partial charge in [0, 0.05) is 6.54 Å². The van der Waals surface area contributed by atoms with Crippen molar-refractivity contribution in [2.45, 2.75) is 26.8 Å². The quantitative estimate of drug-likeness (QED) is 0.804. The van der Waals surface area contributed by atoms with E-state index in [1.54, 1.807) is 12.1 Å². The van der Waals surface area contributed by atoms with Gasteiger partial charge >= 0.3 is 6.36 Å². The molecule has 0 saturated carbocycles. The average molecular weight is 326 g/mol. The zero-order valence-electron chi connectivity index (χ0n) is 10.2. The first-order chi connectivity index (χ1) is 8.35. The molecule has 1 aromatic rings. The predicted molar refractivity (Wildman–Crippen MR) is 67.5 cm³/mol. The molecule has 0 spiro atoms. The third-order valence-electron chi connectivity index (χ3n) is 2.52. The average Bonchev–Trinajstić information content (AvgIpc) is 2.28. The minimum Gasteiger partial charge on any atom is -0.405 e. The maximum absolute atomic E-state index is 12.1. The molecule has 1 rings (SSSR count). The summed E-state index contributed by atoms with van der Waals surface area (Å²) in [7, 11) is 0. The van der Waals surface area contributed by atoms with E-state index < -0.39 is 6.36 Å². The molecule has 0 atom stereocenters. The molecule has 6 heteroatoms. The molecule has 0 aliphatic carbocycles. The Labute approximate surface area is 113 Å². The van der Waals surface area contributed by atoms with E-state index in [9.17, 15) is 13.2 Å². The Hall–Kier alpha value is -0.750. The molecule has 0 saturated heterocycles. The molecule has 0 aliphatic heterocycles. The van der Waals surface area contributed by atoms with Gasteiger partial charge in [-0.15, -0.1) is 13.2 Å². The molecule has 102 valence electrons. The van der Waals surface area contributed by atoms with Gasteiger partial charge in [-0.1, -0.05) is 19.9 Å². The van der Waals surface area contributed by atoms with Gasteiger partial charge in [-0.25, -0.2) is 0 Å². The summed E-state index contributed by atoms with van der Waals surface area (Å²) < 4.78 is 40.5. The Balaban J connectivity index is 2.79. The summed E-state index contributed by atoms with van der Waals surface area (Å²) in [6, 6.07) is 4.62. The van der Waals surface area contributed by atoms with Crippen molar-refractivity contribution in [1.29, 1.82) is 0 Å². The molecule has 0 aliphatic rings. The van der Waals surface area contributed by atoms with Gasteiger partial charge in [-0.2, -0.15) is 0 Å². The number of benzene rings is 1. The van der Waals surface area contributed by atoms with Crippen molar-refractivity contribution in [3.63, 3.8) is 0 Å². The van der Waals surface area contributed by atoms with Crippen LogP contribution in [0.4, 0.5) is 13.2 Å². The highest BCUT2D eigenvalue weighted by molar-refractivity contribution is 9.10. The molecule has 0 radical (unpaired) electrons. The van der Waals surface area contributed by atoms with Gasteiger partial charge in [-0.3, -0.25) is 4.90 Å². The van der Waals surface area contributed by atoms with Gasteiger partial charge < -0.3 is 4.74 Å². The van der Waals surface area contributed by atoms with E-state index in [4.69, 9.17) is 0 Å². The number of halogens is 4. The van der Waals surface area contributed by atoms with Gasteiger partial charge in [0.15, 0.2) is 0 Å². The summed E-state index contributed by atoms with van der Waals surface area (Å²) in [5.74, 6) is -0.217. The van der Waals surface area contributed by atoms with Crippen LogP contribution < -0.4 is 4.74 Å². The molecule has 0 amide bonds. The van der Waals surface area contributed by atoms with E-state index in [0.717, 1.165) is 18.7 Å². The lowest BCUT2D eigenvalue weighted by Gasteiger charge is -2.18. The molecule has 0 unspecified atom stereocenters. The van der Waals surface area contributed by atoms with E-state index in [2.05, 4.69) is 25.6 Å². The van der Waals surface area contributed by atoms with Crippen LogP contribution in [0, 0.1) is 0 Å². The topological polar surface area (TPSA) is 12.5 Å². The lowest BCUT2D eigenvalue weighted by molar-refractivity contribution is -0.274. The fraction of sp³-hybridized carbons (Fsp3) is 0.500. The Bertz CT molecular complexity index is 391. The lowest BCUT2D eigenvalue weighted by atomic mass is 10.2. The molecule has 18 heavy (non-hydrogen) atoms. The standard InChI is InChI=1S/C12H15BrF3NO/c1-3-17(4-2)8-9-5-6-11(10(13)7-9)18-12(14,15)16/h5-7H,3-4,8H2,1-2H3. The summed E-state index contributed by atoms with van der Waals surface area (Å²) in [4.78, 5) is 2.17. The largest absolute Gasteiger partial charge is 0.573 e. The normalized spacial score (nSPS) is 11.9. The summed E-state index contributed by atoms with van der Waals surface area (Å²) in [5, 5.41) is 0. The highest BCUT2D eigenvalue weighted by Crippen LogP contribution is 2.31. The van der Waals surface area contributed by atoms with Crippen molar-refractivity contribution in [2.75, 3.05) is 13.1 Å². The lowest BCUT2D eigenvalue weighted by Crippen LogP contribution is -2.22. The maximum atomic E-state index is 12.1. The first kappa shape index (κ1) is 15.3. The second-order valence-corrected chi connectivity index (χ2v) is 4.63. The highest BCUT2D eigenvalue weighted by atomic mass is 79.9. The highest BCUT2D eigenvalue weighted by Gasteiger charge is 2.31. The number of hydrogen-bond donors (Lipinski definition) is 0. The summed E-state index contributed by atoms with van der Waals surface area (Å²) in [5.41, 5.74) is 0.945. The number of ether oxygens (including phenoxy) is 1. The van der Waals surface area contributed by atoms with Crippen molar-refractivity contribution in [3.05, 3.63) is 28.2 Å². The SMILES string of the molecule is CCN(CC)Cc1ccc(OC(F)(F)F)c(Br)c1. The van der Waals surface area contributed by atoms with Gasteiger partial charge in [0.1, 0.15) is 5.75 Å². The minimum atomic E-state index is -4.66. The van der Waals surface area contributed by atoms with E-state index in [-0.39, 0.29) is 5.75 Å². The van der Waals surface area contributed by atoms with Crippen LogP contribution in [0.15, 0.2) is 22.7 Å². The Morgan fingerprint density at radius 2 is 1.83 bits per heavy atom. The van der Waals surface area contributed by atoms with Crippen LogP contribution in [0.5, 0.6) is 5.75 Å². The number of hydrogen-bond acceptors (Lipinski definition) is 2. The molecule has 0 N–H and O–H groups in total. The summed E-state index contributed by atoms with van der Waals surface area (Å²) in [6.45, 7) is 6.58. The van der Waals surface area contributed by atoms with E-state index in [1.807, 2.05) is 13.8 Å². The van der Waals surface area contributed by atoms with Crippen molar-refractivity contribution in [3.8, 4) is 5.75 Å². The fourth-order valence-electron chi connectivity index (χ4n) is 1.56. The van der Waals surface area contributed by atoms with Crippen molar-refractivity contribution < 1.29 is 17.9 Å². The van der Waals surface area contributed by atoms with E-state index >= 15 is 0 Å². The first-order valence-corrected chi connectivity index (χ1v) is 6.41. The van der Waals surface area contributed by atoms with Gasteiger partial charge in [0.2, 0.25) is 0 Å². The first-order valence-electron chi connectivity index (χ1n) is 5.62. The molecule has 0 bridgehead atoms. The molecular weight excluding hydrogens is 311 g/mol. The zero-order valence-corrected chi connectivity index (χ0v) is 11.8. The Morgan fingerprint density at radius 1 is 1.22 bits per heavy atom.